The van der Waals surface area contributed by atoms with Crippen molar-refractivity contribution in [1.82, 2.24) is 5.32 Å². The number of aliphatic hydroxyl groups excluding tert-OH is 1. The maximum absolute atomic E-state index is 10.0. The van der Waals surface area contributed by atoms with E-state index in [1.807, 2.05) is 30.0 Å². The maximum atomic E-state index is 10.0. The summed E-state index contributed by atoms with van der Waals surface area (Å²) in [4.78, 5) is 0. The zero-order valence-corrected chi connectivity index (χ0v) is 13.9. The number of hydrogen-bond acceptors (Lipinski definition) is 4. The van der Waals surface area contributed by atoms with E-state index in [0.717, 1.165) is 31.7 Å². The van der Waals surface area contributed by atoms with Crippen molar-refractivity contribution in [3.8, 4) is 0 Å². The van der Waals surface area contributed by atoms with Gasteiger partial charge in [0.05, 0.1) is 18.2 Å². The Labute approximate surface area is 132 Å². The van der Waals surface area contributed by atoms with Crippen LogP contribution >= 0.6 is 11.8 Å². The lowest BCUT2D eigenvalue weighted by molar-refractivity contribution is 0.127. The summed E-state index contributed by atoms with van der Waals surface area (Å²) in [6.07, 6.45) is 2.43. The molecule has 2 rings (SSSR count). The molecule has 4 heteroatoms. The molecular weight excluding hydrogens is 282 g/mol. The van der Waals surface area contributed by atoms with E-state index < -0.39 is 0 Å². The minimum absolute atomic E-state index is 0.127. The molecule has 21 heavy (non-hydrogen) atoms. The van der Waals surface area contributed by atoms with Crippen LogP contribution in [0.1, 0.15) is 32.3 Å². The summed E-state index contributed by atoms with van der Waals surface area (Å²) in [5.41, 5.74) is 0.844. The molecule has 1 heterocycles. The van der Waals surface area contributed by atoms with Gasteiger partial charge in [-0.05, 0) is 37.6 Å². The highest BCUT2D eigenvalue weighted by Crippen LogP contribution is 2.31. The van der Waals surface area contributed by atoms with Crippen molar-refractivity contribution in [2.45, 2.75) is 43.6 Å². The van der Waals surface area contributed by atoms with Crippen LogP contribution in [0.25, 0.3) is 0 Å². The SMILES string of the molecule is CCNC(CO)(CCSC1CCOC1C)c1ccccc1. The van der Waals surface area contributed by atoms with Crippen LogP contribution in [0.15, 0.2) is 30.3 Å². The fraction of sp³-hybridized carbons (Fsp3) is 0.647. The number of benzene rings is 1. The number of aliphatic hydroxyl groups is 1. The molecule has 1 aliphatic heterocycles. The van der Waals surface area contributed by atoms with Crippen LogP contribution in [-0.4, -0.2) is 42.0 Å². The minimum Gasteiger partial charge on any atom is -0.394 e. The van der Waals surface area contributed by atoms with Crippen molar-refractivity contribution in [2.75, 3.05) is 25.5 Å². The van der Waals surface area contributed by atoms with Crippen LogP contribution < -0.4 is 5.32 Å². The van der Waals surface area contributed by atoms with Gasteiger partial charge in [-0.15, -0.1) is 0 Å². The molecule has 3 atom stereocenters. The Bertz CT molecular complexity index is 415. The van der Waals surface area contributed by atoms with E-state index in [2.05, 4.69) is 31.3 Å². The first-order valence-corrected chi connectivity index (χ1v) is 8.91. The van der Waals surface area contributed by atoms with E-state index in [9.17, 15) is 5.11 Å². The molecule has 0 bridgehead atoms. The summed E-state index contributed by atoms with van der Waals surface area (Å²) >= 11 is 1.98. The molecule has 0 aliphatic carbocycles. The molecule has 118 valence electrons. The lowest BCUT2D eigenvalue weighted by Gasteiger charge is -2.34. The van der Waals surface area contributed by atoms with Gasteiger partial charge in [0.25, 0.3) is 0 Å². The predicted octanol–water partition coefficient (Wildman–Crippen LogP) is 2.78. The molecule has 1 fully saturated rings. The Morgan fingerprint density at radius 3 is 2.71 bits per heavy atom. The van der Waals surface area contributed by atoms with Gasteiger partial charge < -0.3 is 15.2 Å². The molecule has 0 spiro atoms. The third kappa shape index (κ3) is 4.22. The highest BCUT2D eigenvalue weighted by molar-refractivity contribution is 7.99. The second-order valence-electron chi connectivity index (χ2n) is 5.66. The van der Waals surface area contributed by atoms with Gasteiger partial charge in [-0.3, -0.25) is 0 Å². The van der Waals surface area contributed by atoms with E-state index in [-0.39, 0.29) is 12.1 Å². The van der Waals surface area contributed by atoms with E-state index in [4.69, 9.17) is 4.74 Å². The Hall–Kier alpha value is -0.550. The quantitative estimate of drug-likeness (QED) is 0.775. The van der Waals surface area contributed by atoms with Gasteiger partial charge in [0.15, 0.2) is 0 Å². The highest BCUT2D eigenvalue weighted by Gasteiger charge is 2.31. The summed E-state index contributed by atoms with van der Waals surface area (Å²) in [5, 5.41) is 14.1. The van der Waals surface area contributed by atoms with Gasteiger partial charge in [-0.2, -0.15) is 11.8 Å². The Morgan fingerprint density at radius 2 is 2.14 bits per heavy atom. The third-order valence-corrected chi connectivity index (χ3v) is 5.77. The van der Waals surface area contributed by atoms with Crippen molar-refractivity contribution in [1.29, 1.82) is 0 Å². The standard InChI is InChI=1S/C17H27NO2S/c1-3-18-17(13-19,15-7-5-4-6-8-15)10-12-21-16-9-11-20-14(16)2/h4-8,14,16,18-19H,3,9-13H2,1-2H3. The average Bonchev–Trinajstić information content (AvgIpc) is 2.92. The first-order valence-electron chi connectivity index (χ1n) is 7.86. The molecular formula is C17H27NO2S. The van der Waals surface area contributed by atoms with Crippen molar-refractivity contribution in [2.24, 2.45) is 0 Å². The molecule has 1 saturated heterocycles. The number of likely N-dealkylation sites (N-methyl/N-ethyl adjacent to an activating group) is 1. The summed E-state index contributed by atoms with van der Waals surface area (Å²) in [7, 11) is 0. The zero-order chi connectivity index (χ0) is 15.1. The lowest BCUT2D eigenvalue weighted by Crippen LogP contribution is -2.46. The van der Waals surface area contributed by atoms with Crippen LogP contribution in [0, 0.1) is 0 Å². The maximum Gasteiger partial charge on any atom is 0.0676 e. The first kappa shape index (κ1) is 16.8. The van der Waals surface area contributed by atoms with Gasteiger partial charge >= 0.3 is 0 Å². The fourth-order valence-corrected chi connectivity index (χ4v) is 4.35. The topological polar surface area (TPSA) is 41.5 Å². The van der Waals surface area contributed by atoms with Gasteiger partial charge in [-0.25, -0.2) is 0 Å². The fourth-order valence-electron chi connectivity index (χ4n) is 2.97. The average molecular weight is 309 g/mol. The molecule has 2 N–H and O–H groups in total. The summed E-state index contributed by atoms with van der Waals surface area (Å²) in [6, 6.07) is 10.3. The summed E-state index contributed by atoms with van der Waals surface area (Å²) < 4.78 is 5.62. The van der Waals surface area contributed by atoms with Crippen molar-refractivity contribution >= 4 is 11.8 Å². The molecule has 1 aromatic carbocycles. The normalized spacial score (nSPS) is 24.9. The molecule has 3 nitrogen and oxygen atoms in total. The van der Waals surface area contributed by atoms with Crippen molar-refractivity contribution < 1.29 is 9.84 Å². The van der Waals surface area contributed by atoms with Gasteiger partial charge in [0, 0.05) is 11.9 Å². The number of rotatable bonds is 8. The van der Waals surface area contributed by atoms with Gasteiger partial charge in [0.2, 0.25) is 0 Å². The third-order valence-electron chi connectivity index (χ3n) is 4.28. The van der Waals surface area contributed by atoms with Crippen LogP contribution in [0.3, 0.4) is 0 Å². The lowest BCUT2D eigenvalue weighted by atomic mass is 9.88. The van der Waals surface area contributed by atoms with Crippen molar-refractivity contribution in [3.05, 3.63) is 35.9 Å². The molecule has 3 unspecified atom stereocenters. The Balaban J connectivity index is 1.99. The Kier molecular flexibility index (Phi) is 6.55. The number of nitrogens with one attached hydrogen (secondary N) is 1. The second-order valence-corrected chi connectivity index (χ2v) is 7.01. The van der Waals surface area contributed by atoms with Crippen molar-refractivity contribution in [3.63, 3.8) is 0 Å². The smallest absolute Gasteiger partial charge is 0.0676 e. The van der Waals surface area contributed by atoms with Crippen LogP contribution in [0.5, 0.6) is 0 Å². The largest absolute Gasteiger partial charge is 0.394 e. The van der Waals surface area contributed by atoms with Crippen LogP contribution in [-0.2, 0) is 10.3 Å². The number of ether oxygens (including phenoxy) is 1. The minimum atomic E-state index is -0.328. The zero-order valence-electron chi connectivity index (χ0n) is 13.0. The van der Waals surface area contributed by atoms with E-state index in [0.29, 0.717) is 11.4 Å². The molecule has 1 aliphatic rings. The predicted molar refractivity (Wildman–Crippen MR) is 89.8 cm³/mol. The van der Waals surface area contributed by atoms with E-state index >= 15 is 0 Å². The molecule has 0 aromatic heterocycles. The summed E-state index contributed by atoms with van der Waals surface area (Å²) in [5.74, 6) is 1.03. The second kappa shape index (κ2) is 8.18. The van der Waals surface area contributed by atoms with Gasteiger partial charge in [0.1, 0.15) is 0 Å². The van der Waals surface area contributed by atoms with E-state index in [1.54, 1.807) is 0 Å². The highest BCUT2D eigenvalue weighted by atomic mass is 32.2. The van der Waals surface area contributed by atoms with E-state index in [1.165, 1.54) is 5.56 Å². The number of thioether (sulfide) groups is 1. The first-order chi connectivity index (χ1) is 10.2. The molecule has 0 radical (unpaired) electrons. The van der Waals surface area contributed by atoms with Crippen LogP contribution in [0.4, 0.5) is 0 Å². The molecule has 0 saturated carbocycles. The van der Waals surface area contributed by atoms with Crippen LogP contribution in [0.2, 0.25) is 0 Å². The molecule has 0 amide bonds. The Morgan fingerprint density at radius 1 is 1.38 bits per heavy atom. The van der Waals surface area contributed by atoms with Gasteiger partial charge in [-0.1, -0.05) is 37.3 Å². The molecule has 1 aromatic rings. The number of hydrogen-bond donors (Lipinski definition) is 2. The monoisotopic (exact) mass is 309 g/mol. The summed E-state index contributed by atoms with van der Waals surface area (Å²) in [6.45, 7) is 6.11.